The van der Waals surface area contributed by atoms with Gasteiger partial charge < -0.3 is 15.5 Å². The van der Waals surface area contributed by atoms with E-state index in [0.717, 1.165) is 12.2 Å². The predicted octanol–water partition coefficient (Wildman–Crippen LogP) is 0.814. The Bertz CT molecular complexity index is 279. The minimum Gasteiger partial charge on any atom is -0.382 e. The Kier molecular flexibility index (Phi) is 4.15. The number of aromatic nitrogens is 1. The van der Waals surface area contributed by atoms with E-state index in [-0.39, 0.29) is 6.10 Å². The van der Waals surface area contributed by atoms with Crippen molar-refractivity contribution in [2.45, 2.75) is 13.0 Å². The molecular formula is C9H16N4O. The fourth-order valence-corrected chi connectivity index (χ4v) is 0.964. The van der Waals surface area contributed by atoms with Crippen molar-refractivity contribution in [3.63, 3.8) is 0 Å². The van der Waals surface area contributed by atoms with Gasteiger partial charge in [0.15, 0.2) is 0 Å². The molecule has 14 heavy (non-hydrogen) atoms. The van der Waals surface area contributed by atoms with Gasteiger partial charge >= 0.3 is 0 Å². The lowest BCUT2D eigenvalue weighted by atomic mass is 10.3. The number of hydrogen-bond acceptors (Lipinski definition) is 5. The van der Waals surface area contributed by atoms with Crippen LogP contribution in [0, 0.1) is 0 Å². The average Bonchev–Trinajstić information content (AvgIpc) is 2.26. The number of nitrogens with zero attached hydrogens (tertiary/aromatic N) is 1. The molecule has 0 radical (unpaired) electrons. The molecule has 1 rings (SSSR count). The van der Waals surface area contributed by atoms with Gasteiger partial charge in [-0.25, -0.2) is 10.8 Å². The van der Waals surface area contributed by atoms with Crippen molar-refractivity contribution in [1.29, 1.82) is 0 Å². The number of anilines is 2. The first-order valence-electron chi connectivity index (χ1n) is 4.45. The van der Waals surface area contributed by atoms with Crippen LogP contribution in [0.4, 0.5) is 11.5 Å². The Labute approximate surface area is 83.6 Å². The van der Waals surface area contributed by atoms with Gasteiger partial charge in [-0.2, -0.15) is 0 Å². The van der Waals surface area contributed by atoms with Crippen LogP contribution < -0.4 is 16.6 Å². The molecule has 0 aliphatic rings. The number of nitrogens with two attached hydrogens (primary N) is 1. The van der Waals surface area contributed by atoms with E-state index in [9.17, 15) is 0 Å². The number of pyridine rings is 1. The lowest BCUT2D eigenvalue weighted by Crippen LogP contribution is -2.18. The van der Waals surface area contributed by atoms with Crippen molar-refractivity contribution in [3.8, 4) is 0 Å². The molecule has 0 spiro atoms. The highest BCUT2D eigenvalue weighted by Gasteiger charge is 1.99. The second-order valence-electron chi connectivity index (χ2n) is 3.00. The molecule has 0 bridgehead atoms. The molecule has 4 N–H and O–H groups in total. The highest BCUT2D eigenvalue weighted by Crippen LogP contribution is 2.10. The average molecular weight is 196 g/mol. The number of hydrazine groups is 1. The minimum absolute atomic E-state index is 0.178. The third kappa shape index (κ3) is 3.20. The van der Waals surface area contributed by atoms with Crippen molar-refractivity contribution >= 4 is 11.5 Å². The fraction of sp³-hybridized carbons (Fsp3) is 0.444. The zero-order valence-electron chi connectivity index (χ0n) is 8.45. The monoisotopic (exact) mass is 196 g/mol. The van der Waals surface area contributed by atoms with Crippen molar-refractivity contribution in [2.75, 3.05) is 24.4 Å². The number of nitrogens with one attached hydrogen (secondary N) is 2. The van der Waals surface area contributed by atoms with Crippen LogP contribution in [0.25, 0.3) is 0 Å². The molecule has 0 saturated heterocycles. The first kappa shape index (κ1) is 10.7. The molecule has 5 nitrogen and oxygen atoms in total. The Morgan fingerprint density at radius 1 is 1.64 bits per heavy atom. The Morgan fingerprint density at radius 2 is 2.43 bits per heavy atom. The standard InChI is InChI=1S/C9H16N4O/c1-7(14-2)6-12-8-3-4-11-9(5-8)13-10/h3-5,7H,6,10H2,1-2H3,(H2,11,12,13). The van der Waals surface area contributed by atoms with Gasteiger partial charge in [0.1, 0.15) is 5.82 Å². The summed E-state index contributed by atoms with van der Waals surface area (Å²) in [7, 11) is 1.69. The molecule has 1 aromatic rings. The van der Waals surface area contributed by atoms with E-state index < -0.39 is 0 Å². The summed E-state index contributed by atoms with van der Waals surface area (Å²) >= 11 is 0. The lowest BCUT2D eigenvalue weighted by molar-refractivity contribution is 0.129. The predicted molar refractivity (Wildman–Crippen MR) is 57.0 cm³/mol. The summed E-state index contributed by atoms with van der Waals surface area (Å²) in [4.78, 5) is 4.00. The maximum Gasteiger partial charge on any atom is 0.141 e. The molecule has 0 amide bonds. The van der Waals surface area contributed by atoms with E-state index in [4.69, 9.17) is 10.6 Å². The third-order valence-corrected chi connectivity index (χ3v) is 1.90. The molecule has 0 fully saturated rings. The Hall–Kier alpha value is -1.33. The molecule has 78 valence electrons. The summed E-state index contributed by atoms with van der Waals surface area (Å²) in [6, 6.07) is 3.71. The van der Waals surface area contributed by atoms with Crippen LogP contribution in [0.3, 0.4) is 0 Å². The van der Waals surface area contributed by atoms with Gasteiger partial charge in [0, 0.05) is 31.6 Å². The van der Waals surface area contributed by atoms with E-state index in [2.05, 4.69) is 15.7 Å². The lowest BCUT2D eigenvalue weighted by Gasteiger charge is -2.12. The van der Waals surface area contributed by atoms with Crippen LogP contribution >= 0.6 is 0 Å². The minimum atomic E-state index is 0.178. The molecule has 0 aliphatic heterocycles. The SMILES string of the molecule is COC(C)CNc1ccnc(NN)c1. The number of rotatable bonds is 5. The quantitative estimate of drug-likeness (QED) is 0.480. The summed E-state index contributed by atoms with van der Waals surface area (Å²) in [6.45, 7) is 2.75. The van der Waals surface area contributed by atoms with E-state index >= 15 is 0 Å². The van der Waals surface area contributed by atoms with Gasteiger partial charge in [-0.15, -0.1) is 0 Å². The maximum absolute atomic E-state index is 5.24. The van der Waals surface area contributed by atoms with Crippen molar-refractivity contribution in [3.05, 3.63) is 18.3 Å². The van der Waals surface area contributed by atoms with E-state index in [0.29, 0.717) is 5.82 Å². The van der Waals surface area contributed by atoms with E-state index in [1.807, 2.05) is 19.1 Å². The number of methoxy groups -OCH3 is 1. The largest absolute Gasteiger partial charge is 0.382 e. The first-order valence-corrected chi connectivity index (χ1v) is 4.45. The second-order valence-corrected chi connectivity index (χ2v) is 3.00. The van der Waals surface area contributed by atoms with Crippen LogP contribution in [0.15, 0.2) is 18.3 Å². The molecule has 0 saturated carbocycles. The first-order chi connectivity index (χ1) is 6.76. The number of hydrogen-bond donors (Lipinski definition) is 3. The van der Waals surface area contributed by atoms with E-state index in [1.54, 1.807) is 13.3 Å². The number of ether oxygens (including phenoxy) is 1. The van der Waals surface area contributed by atoms with Crippen LogP contribution in [-0.2, 0) is 4.74 Å². The molecule has 1 atom stereocenters. The molecule has 1 unspecified atom stereocenters. The highest BCUT2D eigenvalue weighted by molar-refractivity contribution is 5.51. The smallest absolute Gasteiger partial charge is 0.141 e. The van der Waals surface area contributed by atoms with Crippen molar-refractivity contribution in [1.82, 2.24) is 4.98 Å². The molecule has 5 heteroatoms. The van der Waals surface area contributed by atoms with Gasteiger partial charge in [-0.3, -0.25) is 0 Å². The van der Waals surface area contributed by atoms with Gasteiger partial charge in [-0.1, -0.05) is 0 Å². The summed E-state index contributed by atoms with van der Waals surface area (Å²) in [6.07, 6.45) is 1.87. The third-order valence-electron chi connectivity index (χ3n) is 1.90. The zero-order chi connectivity index (χ0) is 10.4. The van der Waals surface area contributed by atoms with Gasteiger partial charge in [0.2, 0.25) is 0 Å². The Balaban J connectivity index is 2.50. The molecular weight excluding hydrogens is 180 g/mol. The summed E-state index contributed by atoms with van der Waals surface area (Å²) < 4.78 is 5.11. The van der Waals surface area contributed by atoms with Gasteiger partial charge in [-0.05, 0) is 13.0 Å². The molecule has 0 aliphatic carbocycles. The highest BCUT2D eigenvalue weighted by atomic mass is 16.5. The summed E-state index contributed by atoms with van der Waals surface area (Å²) in [5.74, 6) is 5.87. The second kappa shape index (κ2) is 5.41. The Morgan fingerprint density at radius 3 is 3.07 bits per heavy atom. The van der Waals surface area contributed by atoms with Crippen LogP contribution in [-0.4, -0.2) is 24.7 Å². The topological polar surface area (TPSA) is 72.2 Å². The molecule has 1 heterocycles. The van der Waals surface area contributed by atoms with Crippen LogP contribution in [0.5, 0.6) is 0 Å². The maximum atomic E-state index is 5.24. The number of nitrogen functional groups attached to an aromatic ring is 1. The van der Waals surface area contributed by atoms with Crippen LogP contribution in [0.2, 0.25) is 0 Å². The fourth-order valence-electron chi connectivity index (χ4n) is 0.964. The molecule has 0 aromatic carbocycles. The molecule has 1 aromatic heterocycles. The zero-order valence-corrected chi connectivity index (χ0v) is 8.45. The van der Waals surface area contributed by atoms with E-state index in [1.165, 1.54) is 0 Å². The van der Waals surface area contributed by atoms with Crippen LogP contribution in [0.1, 0.15) is 6.92 Å². The summed E-state index contributed by atoms with van der Waals surface area (Å²) in [5.41, 5.74) is 3.46. The van der Waals surface area contributed by atoms with Crippen molar-refractivity contribution in [2.24, 2.45) is 5.84 Å². The normalized spacial score (nSPS) is 12.2. The van der Waals surface area contributed by atoms with Gasteiger partial charge in [0.05, 0.1) is 6.10 Å². The summed E-state index contributed by atoms with van der Waals surface area (Å²) in [5, 5.41) is 3.21. The van der Waals surface area contributed by atoms with Crippen molar-refractivity contribution < 1.29 is 4.74 Å². The van der Waals surface area contributed by atoms with Gasteiger partial charge in [0.25, 0.3) is 0 Å².